The molecule has 0 bridgehead atoms. The highest BCUT2D eigenvalue weighted by atomic mass is 32.1. The molecular weight excluding hydrogens is 384 g/mol. The predicted molar refractivity (Wildman–Crippen MR) is 117 cm³/mol. The number of carbonyl (C=O) groups excluding carboxylic acids is 1. The minimum Gasteiger partial charge on any atom is -0.478 e. The Morgan fingerprint density at radius 1 is 1.14 bits per heavy atom. The highest BCUT2D eigenvalue weighted by Crippen LogP contribution is 2.23. The molecule has 0 saturated carbocycles. The minimum atomic E-state index is -1.04. The molecule has 1 heterocycles. The van der Waals surface area contributed by atoms with Gasteiger partial charge in [-0.2, -0.15) is 0 Å². The molecule has 0 fully saturated rings. The van der Waals surface area contributed by atoms with E-state index in [1.165, 1.54) is 10.9 Å². The summed E-state index contributed by atoms with van der Waals surface area (Å²) in [4.78, 5) is 29.3. The molecule has 1 amide bonds. The van der Waals surface area contributed by atoms with Gasteiger partial charge in [0, 0.05) is 16.8 Å². The predicted octanol–water partition coefficient (Wildman–Crippen LogP) is 5.32. The molecule has 2 N–H and O–H groups in total. The summed E-state index contributed by atoms with van der Waals surface area (Å²) in [6, 6.07) is 14.0. The van der Waals surface area contributed by atoms with E-state index in [2.05, 4.69) is 24.1 Å². The van der Waals surface area contributed by atoms with Crippen LogP contribution in [0, 0.1) is 0 Å². The van der Waals surface area contributed by atoms with Crippen molar-refractivity contribution in [3.8, 4) is 0 Å². The molecule has 0 unspecified atom stereocenters. The molecule has 0 radical (unpaired) electrons. The maximum atomic E-state index is 12.4. The van der Waals surface area contributed by atoms with Crippen LogP contribution in [0.5, 0.6) is 0 Å². The summed E-state index contributed by atoms with van der Waals surface area (Å²) in [5.41, 5.74) is 2.23. The Hall–Kier alpha value is -3.25. The summed E-state index contributed by atoms with van der Waals surface area (Å²) >= 11 is 1.66. The van der Waals surface area contributed by atoms with Gasteiger partial charge in [-0.3, -0.25) is 4.79 Å². The van der Waals surface area contributed by atoms with E-state index in [4.69, 9.17) is 0 Å². The molecule has 1 aromatic heterocycles. The molecule has 0 aliphatic heterocycles. The lowest BCUT2D eigenvalue weighted by molar-refractivity contribution is -0.115. The first-order chi connectivity index (χ1) is 13.9. The Morgan fingerprint density at radius 2 is 1.93 bits per heavy atom. The molecule has 0 saturated heterocycles. The van der Waals surface area contributed by atoms with Crippen LogP contribution in [0.4, 0.5) is 5.69 Å². The van der Waals surface area contributed by atoms with Crippen molar-refractivity contribution in [1.82, 2.24) is 4.98 Å². The zero-order valence-electron chi connectivity index (χ0n) is 16.3. The topological polar surface area (TPSA) is 79.3 Å². The van der Waals surface area contributed by atoms with Crippen LogP contribution in [0.1, 0.15) is 51.1 Å². The maximum absolute atomic E-state index is 12.4. The fraction of sp³-hybridized carbons (Fsp3) is 0.174. The van der Waals surface area contributed by atoms with Crippen molar-refractivity contribution in [3.05, 3.63) is 81.3 Å². The lowest BCUT2D eigenvalue weighted by Gasteiger charge is -2.08. The molecule has 29 heavy (non-hydrogen) atoms. The standard InChI is InChI=1S/C23H22N2O3S/c1-15(2)20-14-24-22(29-20)11-10-16-6-5-8-18(12-16)25-21(26)13-17-7-3-4-9-19(17)23(27)28/h3-12,14-15H,13H2,1-2H3,(H,25,26)(H,27,28)/b11-10+. The number of hydrogen-bond acceptors (Lipinski definition) is 4. The number of thiazole rings is 1. The van der Waals surface area contributed by atoms with Gasteiger partial charge >= 0.3 is 5.97 Å². The molecule has 0 atom stereocenters. The molecule has 3 aromatic rings. The Balaban J connectivity index is 1.67. The fourth-order valence-corrected chi connectivity index (χ4v) is 3.62. The lowest BCUT2D eigenvalue weighted by atomic mass is 10.0. The monoisotopic (exact) mass is 406 g/mol. The zero-order valence-corrected chi connectivity index (χ0v) is 17.1. The van der Waals surface area contributed by atoms with Crippen LogP contribution < -0.4 is 5.32 Å². The Bertz CT molecular complexity index is 1050. The molecule has 5 nitrogen and oxygen atoms in total. The number of hydrogen-bond donors (Lipinski definition) is 2. The van der Waals surface area contributed by atoms with Crippen molar-refractivity contribution in [2.24, 2.45) is 0 Å². The van der Waals surface area contributed by atoms with Gasteiger partial charge in [0.15, 0.2) is 0 Å². The number of nitrogens with zero attached hydrogens (tertiary/aromatic N) is 1. The summed E-state index contributed by atoms with van der Waals surface area (Å²) < 4.78 is 0. The number of aromatic carboxylic acids is 1. The van der Waals surface area contributed by atoms with Crippen molar-refractivity contribution in [1.29, 1.82) is 0 Å². The average Bonchev–Trinajstić information content (AvgIpc) is 3.16. The number of carbonyl (C=O) groups is 2. The van der Waals surface area contributed by atoms with E-state index in [0.717, 1.165) is 10.6 Å². The maximum Gasteiger partial charge on any atom is 0.335 e. The lowest BCUT2D eigenvalue weighted by Crippen LogP contribution is -2.16. The smallest absolute Gasteiger partial charge is 0.335 e. The van der Waals surface area contributed by atoms with Crippen LogP contribution in [0.2, 0.25) is 0 Å². The van der Waals surface area contributed by atoms with Crippen LogP contribution in [0.3, 0.4) is 0 Å². The fourth-order valence-electron chi connectivity index (χ4n) is 2.79. The second-order valence-corrected chi connectivity index (χ2v) is 8.00. The van der Waals surface area contributed by atoms with Gasteiger partial charge in [-0.1, -0.05) is 50.3 Å². The Morgan fingerprint density at radius 3 is 2.66 bits per heavy atom. The number of aromatic nitrogens is 1. The molecule has 0 spiro atoms. The molecule has 0 aliphatic rings. The van der Waals surface area contributed by atoms with E-state index in [-0.39, 0.29) is 17.9 Å². The van der Waals surface area contributed by atoms with Crippen molar-refractivity contribution in [3.63, 3.8) is 0 Å². The summed E-state index contributed by atoms with van der Waals surface area (Å²) in [7, 11) is 0. The van der Waals surface area contributed by atoms with E-state index in [0.29, 0.717) is 17.2 Å². The van der Waals surface area contributed by atoms with Crippen molar-refractivity contribution in [2.45, 2.75) is 26.2 Å². The van der Waals surface area contributed by atoms with Crippen LogP contribution in [0.15, 0.2) is 54.7 Å². The Labute approximate surface area is 173 Å². The molecule has 148 valence electrons. The summed E-state index contributed by atoms with van der Waals surface area (Å²) in [6.07, 6.45) is 5.82. The van der Waals surface area contributed by atoms with Crippen LogP contribution >= 0.6 is 11.3 Å². The van der Waals surface area contributed by atoms with Gasteiger partial charge in [0.2, 0.25) is 5.91 Å². The zero-order chi connectivity index (χ0) is 20.8. The van der Waals surface area contributed by atoms with Crippen molar-refractivity contribution < 1.29 is 14.7 Å². The number of carboxylic acid groups (broad SMARTS) is 1. The number of nitrogens with one attached hydrogen (secondary N) is 1. The molecule has 6 heteroatoms. The largest absolute Gasteiger partial charge is 0.478 e. The normalized spacial score (nSPS) is 11.1. The third-order valence-electron chi connectivity index (χ3n) is 4.30. The van der Waals surface area contributed by atoms with Crippen molar-refractivity contribution >= 4 is 41.1 Å². The van der Waals surface area contributed by atoms with Gasteiger partial charge < -0.3 is 10.4 Å². The second kappa shape index (κ2) is 9.30. The highest BCUT2D eigenvalue weighted by molar-refractivity contribution is 7.12. The van der Waals surface area contributed by atoms with E-state index >= 15 is 0 Å². The average molecular weight is 407 g/mol. The van der Waals surface area contributed by atoms with Crippen LogP contribution in [0.25, 0.3) is 12.2 Å². The summed E-state index contributed by atoms with van der Waals surface area (Å²) in [5.74, 6) is -0.843. The van der Waals surface area contributed by atoms with Gasteiger partial charge in [0.05, 0.1) is 12.0 Å². The van der Waals surface area contributed by atoms with Gasteiger partial charge in [-0.15, -0.1) is 11.3 Å². The van der Waals surface area contributed by atoms with E-state index in [1.54, 1.807) is 35.6 Å². The number of rotatable bonds is 7. The molecule has 2 aromatic carbocycles. The van der Waals surface area contributed by atoms with Gasteiger partial charge in [-0.25, -0.2) is 9.78 Å². The first-order valence-corrected chi connectivity index (χ1v) is 10.1. The molecule has 3 rings (SSSR count). The number of benzene rings is 2. The number of carboxylic acids is 1. The van der Waals surface area contributed by atoms with Gasteiger partial charge in [-0.05, 0) is 41.3 Å². The van der Waals surface area contributed by atoms with E-state index < -0.39 is 5.97 Å². The van der Waals surface area contributed by atoms with E-state index in [9.17, 15) is 14.7 Å². The summed E-state index contributed by atoms with van der Waals surface area (Å²) in [5, 5.41) is 13.0. The highest BCUT2D eigenvalue weighted by Gasteiger charge is 2.12. The molecular formula is C23H22N2O3S. The van der Waals surface area contributed by atoms with Gasteiger partial charge in [0.25, 0.3) is 0 Å². The third-order valence-corrected chi connectivity index (χ3v) is 5.56. The first-order valence-electron chi connectivity index (χ1n) is 9.27. The third kappa shape index (κ3) is 5.62. The quantitative estimate of drug-likeness (QED) is 0.557. The first kappa shape index (κ1) is 20.5. The Kier molecular flexibility index (Phi) is 6.57. The van der Waals surface area contributed by atoms with Crippen molar-refractivity contribution in [2.75, 3.05) is 5.32 Å². The van der Waals surface area contributed by atoms with Gasteiger partial charge in [0.1, 0.15) is 5.01 Å². The van der Waals surface area contributed by atoms with E-state index in [1.807, 2.05) is 36.5 Å². The second-order valence-electron chi connectivity index (χ2n) is 6.90. The minimum absolute atomic E-state index is 0.000362. The number of anilines is 1. The van der Waals surface area contributed by atoms with Crippen LogP contribution in [-0.4, -0.2) is 22.0 Å². The van der Waals surface area contributed by atoms with Crippen LogP contribution in [-0.2, 0) is 11.2 Å². The number of amides is 1. The SMILES string of the molecule is CC(C)c1cnc(/C=C/c2cccc(NC(=O)Cc3ccccc3C(=O)O)c2)s1. The summed E-state index contributed by atoms with van der Waals surface area (Å²) in [6.45, 7) is 4.28. The molecule has 0 aliphatic carbocycles.